The number of urea groups is 1. The summed E-state index contributed by atoms with van der Waals surface area (Å²) in [6.45, 7) is 0.0491. The zero-order valence-corrected chi connectivity index (χ0v) is 17.6. The van der Waals surface area contributed by atoms with Crippen LogP contribution in [0.15, 0.2) is 71.5 Å². The molecule has 1 heterocycles. The summed E-state index contributed by atoms with van der Waals surface area (Å²) in [6, 6.07) is 15.1. The van der Waals surface area contributed by atoms with Crippen molar-refractivity contribution in [2.24, 2.45) is 0 Å². The maximum atomic E-state index is 13.7. The minimum Gasteiger partial charge on any atom is -0.462 e. The van der Waals surface area contributed by atoms with Gasteiger partial charge in [-0.25, -0.2) is 23.5 Å². The normalized spacial score (nSPS) is 10.6. The summed E-state index contributed by atoms with van der Waals surface area (Å²) in [7, 11) is 0. The van der Waals surface area contributed by atoms with E-state index in [4.69, 9.17) is 4.74 Å². The van der Waals surface area contributed by atoms with E-state index < -0.39 is 29.2 Å². The van der Waals surface area contributed by atoms with Gasteiger partial charge in [0.2, 0.25) is 0 Å². The number of hydrogen-bond donors (Lipinski definition) is 3. The molecule has 0 saturated heterocycles. The molecule has 0 aliphatic rings. The summed E-state index contributed by atoms with van der Waals surface area (Å²) in [5.41, 5.74) is 0.518. The van der Waals surface area contributed by atoms with E-state index in [1.54, 1.807) is 42.5 Å². The number of aromatic amines is 1. The van der Waals surface area contributed by atoms with E-state index in [1.165, 1.54) is 6.07 Å². The third-order valence-electron chi connectivity index (χ3n) is 4.89. The van der Waals surface area contributed by atoms with Crippen molar-refractivity contribution in [3.05, 3.63) is 100.0 Å². The summed E-state index contributed by atoms with van der Waals surface area (Å²) < 4.78 is 32.0. The van der Waals surface area contributed by atoms with Crippen LogP contribution < -0.4 is 16.2 Å². The molecule has 2 amide bonds. The number of rotatable bonds is 6. The average Bonchev–Trinajstić information content (AvgIpc) is 2.83. The lowest BCUT2D eigenvalue weighted by molar-refractivity contribution is 0.0508. The molecule has 172 valence electrons. The lowest BCUT2D eigenvalue weighted by Gasteiger charge is -2.10. The van der Waals surface area contributed by atoms with E-state index in [2.05, 4.69) is 20.8 Å². The van der Waals surface area contributed by atoms with Gasteiger partial charge < -0.3 is 15.4 Å². The molecule has 0 aliphatic carbocycles. The molecule has 34 heavy (non-hydrogen) atoms. The maximum absolute atomic E-state index is 13.7. The number of benzene rings is 3. The van der Waals surface area contributed by atoms with Gasteiger partial charge in [0, 0.05) is 23.6 Å². The minimum absolute atomic E-state index is 0.0491. The van der Waals surface area contributed by atoms with Gasteiger partial charge >= 0.3 is 12.0 Å². The van der Waals surface area contributed by atoms with Gasteiger partial charge in [-0.1, -0.05) is 24.3 Å². The molecule has 0 atom stereocenters. The number of carbonyl (C=O) groups is 2. The molecule has 0 spiro atoms. The fraction of sp³-hybridized carbons (Fsp3) is 0.0833. The van der Waals surface area contributed by atoms with Crippen molar-refractivity contribution in [1.82, 2.24) is 10.2 Å². The zero-order valence-electron chi connectivity index (χ0n) is 17.6. The molecule has 0 fully saturated rings. The van der Waals surface area contributed by atoms with Crippen LogP contribution in [0, 0.1) is 11.6 Å². The van der Waals surface area contributed by atoms with Gasteiger partial charge in [-0.2, -0.15) is 5.10 Å². The molecule has 0 aliphatic heterocycles. The Morgan fingerprint density at radius 3 is 2.50 bits per heavy atom. The van der Waals surface area contributed by atoms with Crippen LogP contribution >= 0.6 is 0 Å². The third kappa shape index (κ3) is 5.23. The van der Waals surface area contributed by atoms with Crippen LogP contribution in [0.1, 0.15) is 16.1 Å². The highest BCUT2D eigenvalue weighted by atomic mass is 19.1. The first kappa shape index (κ1) is 22.6. The largest absolute Gasteiger partial charge is 0.462 e. The number of esters is 1. The molecular weight excluding hydrogens is 446 g/mol. The third-order valence-corrected chi connectivity index (χ3v) is 4.89. The van der Waals surface area contributed by atoms with E-state index in [9.17, 15) is 23.2 Å². The number of H-pyrrole nitrogens is 1. The Kier molecular flexibility index (Phi) is 6.58. The van der Waals surface area contributed by atoms with Gasteiger partial charge in [-0.15, -0.1) is 0 Å². The number of carbonyl (C=O) groups excluding carboxylic acids is 2. The van der Waals surface area contributed by atoms with Crippen molar-refractivity contribution >= 4 is 34.1 Å². The predicted octanol–water partition coefficient (Wildman–Crippen LogP) is 4.24. The quantitative estimate of drug-likeness (QED) is 0.370. The zero-order chi connectivity index (χ0) is 24.1. The standard InChI is InChI=1S/C24H18F2N4O4/c25-15-6-9-21(19(26)12-15)28-24(33)27-16-7-8-17-18(13-16)22(31)30-29-20(17)10-11-34-23(32)14-4-2-1-3-5-14/h1-9,12-13H,10-11H2,(H,30,31)(H2,27,28,33). The molecule has 0 bridgehead atoms. The number of aromatic nitrogens is 2. The number of halogens is 2. The van der Waals surface area contributed by atoms with Gasteiger partial charge in [0.1, 0.15) is 11.6 Å². The maximum Gasteiger partial charge on any atom is 0.338 e. The first-order valence-corrected chi connectivity index (χ1v) is 10.2. The lowest BCUT2D eigenvalue weighted by Crippen LogP contribution is -2.20. The highest BCUT2D eigenvalue weighted by Gasteiger charge is 2.12. The summed E-state index contributed by atoms with van der Waals surface area (Å²) in [4.78, 5) is 36.6. The van der Waals surface area contributed by atoms with E-state index in [0.717, 1.165) is 12.1 Å². The number of fused-ring (bicyclic) bond motifs is 1. The van der Waals surface area contributed by atoms with Crippen LogP contribution in [0.4, 0.5) is 25.0 Å². The molecule has 4 rings (SSSR count). The second kappa shape index (κ2) is 9.90. The number of nitrogens with zero attached hydrogens (tertiary/aromatic N) is 1. The molecule has 0 unspecified atom stereocenters. The van der Waals surface area contributed by atoms with Crippen molar-refractivity contribution in [2.75, 3.05) is 17.2 Å². The van der Waals surface area contributed by atoms with E-state index in [-0.39, 0.29) is 29.8 Å². The first-order valence-electron chi connectivity index (χ1n) is 10.2. The van der Waals surface area contributed by atoms with Crippen LogP contribution in [-0.4, -0.2) is 28.8 Å². The smallest absolute Gasteiger partial charge is 0.338 e. The Balaban J connectivity index is 1.45. The van der Waals surface area contributed by atoms with Crippen molar-refractivity contribution in [1.29, 1.82) is 0 Å². The molecule has 4 aromatic rings. The number of hydrogen-bond acceptors (Lipinski definition) is 5. The first-order chi connectivity index (χ1) is 16.4. The van der Waals surface area contributed by atoms with Gasteiger partial charge in [0.05, 0.1) is 28.9 Å². The van der Waals surface area contributed by atoms with E-state index >= 15 is 0 Å². The number of ether oxygens (including phenoxy) is 1. The summed E-state index contributed by atoms with van der Waals surface area (Å²) in [5.74, 6) is -2.16. The summed E-state index contributed by atoms with van der Waals surface area (Å²) in [6.07, 6.45) is 0.253. The van der Waals surface area contributed by atoms with Crippen molar-refractivity contribution in [3.8, 4) is 0 Å². The fourth-order valence-electron chi connectivity index (χ4n) is 3.26. The molecule has 0 radical (unpaired) electrons. The Morgan fingerprint density at radius 1 is 0.941 bits per heavy atom. The topological polar surface area (TPSA) is 113 Å². The minimum atomic E-state index is -0.922. The molecule has 8 nitrogen and oxygen atoms in total. The van der Waals surface area contributed by atoms with Crippen LogP contribution in [0.3, 0.4) is 0 Å². The van der Waals surface area contributed by atoms with Gasteiger partial charge in [-0.05, 0) is 36.4 Å². The van der Waals surface area contributed by atoms with Crippen molar-refractivity contribution in [3.63, 3.8) is 0 Å². The Labute approximate surface area is 191 Å². The molecular formula is C24H18F2N4O4. The van der Waals surface area contributed by atoms with Crippen molar-refractivity contribution in [2.45, 2.75) is 6.42 Å². The number of anilines is 2. The SMILES string of the molecule is O=C(Nc1ccc2c(CCOC(=O)c3ccccc3)n[nH]c(=O)c2c1)Nc1ccc(F)cc1F. The van der Waals surface area contributed by atoms with E-state index in [1.807, 2.05) is 0 Å². The monoisotopic (exact) mass is 464 g/mol. The van der Waals surface area contributed by atoms with Crippen LogP contribution in [-0.2, 0) is 11.2 Å². The lowest BCUT2D eigenvalue weighted by atomic mass is 10.1. The Morgan fingerprint density at radius 2 is 1.74 bits per heavy atom. The molecule has 3 N–H and O–H groups in total. The number of amides is 2. The second-order valence-electron chi connectivity index (χ2n) is 7.22. The summed E-state index contributed by atoms with van der Waals surface area (Å²) in [5, 5.41) is 12.0. The number of nitrogens with one attached hydrogen (secondary N) is 3. The van der Waals surface area contributed by atoms with Crippen LogP contribution in [0.25, 0.3) is 10.8 Å². The predicted molar refractivity (Wildman–Crippen MR) is 122 cm³/mol. The van der Waals surface area contributed by atoms with Crippen molar-refractivity contribution < 1.29 is 23.1 Å². The molecule has 0 saturated carbocycles. The molecule has 3 aromatic carbocycles. The fourth-order valence-corrected chi connectivity index (χ4v) is 3.26. The van der Waals surface area contributed by atoms with Gasteiger partial charge in [0.25, 0.3) is 5.56 Å². The van der Waals surface area contributed by atoms with Crippen LogP contribution in [0.5, 0.6) is 0 Å². The Bertz CT molecular complexity index is 1420. The highest BCUT2D eigenvalue weighted by Crippen LogP contribution is 2.20. The van der Waals surface area contributed by atoms with Gasteiger partial charge in [-0.3, -0.25) is 4.79 Å². The Hall–Kier alpha value is -4.60. The van der Waals surface area contributed by atoms with Crippen LogP contribution in [0.2, 0.25) is 0 Å². The average molecular weight is 464 g/mol. The molecule has 10 heteroatoms. The van der Waals surface area contributed by atoms with E-state index in [0.29, 0.717) is 22.7 Å². The highest BCUT2D eigenvalue weighted by molar-refractivity contribution is 6.01. The second-order valence-corrected chi connectivity index (χ2v) is 7.22. The van der Waals surface area contributed by atoms with Gasteiger partial charge in [0.15, 0.2) is 0 Å². The summed E-state index contributed by atoms with van der Waals surface area (Å²) >= 11 is 0. The molecule has 1 aromatic heterocycles.